The first kappa shape index (κ1) is 32.7. The van der Waals surface area contributed by atoms with Crippen molar-refractivity contribution in [2.75, 3.05) is 16.5 Å². The highest BCUT2D eigenvalue weighted by Gasteiger charge is 2.49. The molecule has 0 unspecified atom stereocenters. The number of rotatable bonds is 7. The lowest BCUT2D eigenvalue weighted by Crippen LogP contribution is -2.72. The van der Waals surface area contributed by atoms with Crippen molar-refractivity contribution >= 4 is 40.2 Å². The third-order valence-corrected chi connectivity index (χ3v) is 15.5. The van der Waals surface area contributed by atoms with Crippen molar-refractivity contribution in [3.05, 3.63) is 188 Å². The van der Waals surface area contributed by atoms with Crippen LogP contribution in [0.1, 0.15) is 26.3 Å². The van der Waals surface area contributed by atoms with Gasteiger partial charge in [-0.05, 0) is 73.7 Å². The van der Waals surface area contributed by atoms with Crippen LogP contribution in [-0.4, -0.2) is 19.7 Å². The Balaban J connectivity index is 0.999. The lowest BCUT2D eigenvalue weighted by molar-refractivity contribution is 0.483. The summed E-state index contributed by atoms with van der Waals surface area (Å²) >= 11 is 0. The zero-order valence-corrected chi connectivity index (χ0v) is 31.3. The first-order valence-corrected chi connectivity index (χ1v) is 20.3. The quantitative estimate of drug-likeness (QED) is 0.155. The van der Waals surface area contributed by atoms with Gasteiger partial charge in [-0.1, -0.05) is 142 Å². The van der Waals surface area contributed by atoms with E-state index in [2.05, 4.69) is 201 Å². The number of hydrogen-bond donors (Lipinski definition) is 0. The van der Waals surface area contributed by atoms with E-state index in [4.69, 9.17) is 9.72 Å². The van der Waals surface area contributed by atoms with Gasteiger partial charge in [-0.25, -0.2) is 0 Å². The van der Waals surface area contributed by atoms with Crippen LogP contribution >= 0.6 is 0 Å². The first-order valence-electron chi connectivity index (χ1n) is 18.3. The van der Waals surface area contributed by atoms with Gasteiger partial charge in [-0.15, -0.1) is 0 Å². The number of ether oxygens (including phenoxy) is 1. The molecular formula is C48H41N3OSi. The number of anilines is 2. The minimum atomic E-state index is -2.58. The monoisotopic (exact) mass is 703 g/mol. The highest BCUT2D eigenvalue weighted by molar-refractivity contribution is 7.22. The Morgan fingerprint density at radius 1 is 0.566 bits per heavy atom. The molecule has 53 heavy (non-hydrogen) atoms. The number of fused-ring (bicyclic) bond motifs is 3. The SMILES string of the molecule is CC(C)(C)c1ccc(-c2ccccc2N2C=CN(c3cccc(Oc4ccc5c(c4)-c4ncccc4[Si]5(c4ccccc4)c4ccccc4)c3)C2)cc1. The number of aromatic nitrogens is 1. The van der Waals surface area contributed by atoms with Crippen LogP contribution in [-0.2, 0) is 5.41 Å². The third kappa shape index (κ3) is 5.74. The van der Waals surface area contributed by atoms with Crippen LogP contribution < -0.4 is 35.3 Å². The van der Waals surface area contributed by atoms with Crippen molar-refractivity contribution in [1.82, 2.24) is 4.98 Å². The predicted octanol–water partition coefficient (Wildman–Crippen LogP) is 8.95. The van der Waals surface area contributed by atoms with Gasteiger partial charge >= 0.3 is 0 Å². The van der Waals surface area contributed by atoms with E-state index in [9.17, 15) is 0 Å². The molecule has 0 amide bonds. The molecule has 5 heteroatoms. The molecule has 7 aromatic rings. The summed E-state index contributed by atoms with van der Waals surface area (Å²) in [5.41, 5.74) is 8.35. The number of nitrogens with zero attached hydrogens (tertiary/aromatic N) is 3. The number of hydrogen-bond acceptors (Lipinski definition) is 4. The van der Waals surface area contributed by atoms with Gasteiger partial charge in [0, 0.05) is 41.5 Å². The van der Waals surface area contributed by atoms with Crippen LogP contribution in [0.2, 0.25) is 0 Å². The third-order valence-electron chi connectivity index (χ3n) is 10.7. The Bertz CT molecular complexity index is 2410. The molecule has 0 aliphatic carbocycles. The van der Waals surface area contributed by atoms with Gasteiger partial charge in [-0.2, -0.15) is 0 Å². The molecule has 0 saturated heterocycles. The van der Waals surface area contributed by atoms with E-state index in [0.29, 0.717) is 6.67 Å². The molecule has 0 N–H and O–H groups in total. The molecule has 3 heterocycles. The predicted molar refractivity (Wildman–Crippen MR) is 223 cm³/mol. The van der Waals surface area contributed by atoms with Crippen molar-refractivity contribution in [1.29, 1.82) is 0 Å². The van der Waals surface area contributed by atoms with Crippen LogP contribution in [0.15, 0.2) is 182 Å². The molecule has 0 fully saturated rings. The Labute approximate surface area is 313 Å². The maximum atomic E-state index is 6.64. The Kier molecular flexibility index (Phi) is 8.09. The molecule has 0 radical (unpaired) electrons. The standard InChI is InChI=1S/C48H41N3OSi/c1-48(2,3)36-25-23-35(24-26-36)42-20-10-11-21-44(42)51-31-30-50(34-51)37-14-12-15-38(32-37)52-39-27-28-45-43(33-39)47-46(22-13-29-49-47)53(45,40-16-6-4-7-17-40)41-18-8-5-9-19-41/h4-33H,34H2,1-3H3. The minimum absolute atomic E-state index is 0.121. The molecule has 2 aliphatic rings. The average Bonchev–Trinajstić information content (AvgIpc) is 3.81. The second kappa shape index (κ2) is 13.1. The topological polar surface area (TPSA) is 28.6 Å². The van der Waals surface area contributed by atoms with Crippen LogP contribution in [0.25, 0.3) is 22.4 Å². The van der Waals surface area contributed by atoms with E-state index >= 15 is 0 Å². The smallest absolute Gasteiger partial charge is 0.182 e. The lowest BCUT2D eigenvalue weighted by Gasteiger charge is -2.31. The number of pyridine rings is 1. The van der Waals surface area contributed by atoms with E-state index in [0.717, 1.165) is 28.4 Å². The maximum Gasteiger partial charge on any atom is 0.182 e. The first-order chi connectivity index (χ1) is 25.9. The summed E-state index contributed by atoms with van der Waals surface area (Å²) < 4.78 is 6.64. The molecule has 6 aromatic carbocycles. The van der Waals surface area contributed by atoms with E-state index in [1.54, 1.807) is 0 Å². The van der Waals surface area contributed by atoms with Crippen molar-refractivity contribution in [3.8, 4) is 33.9 Å². The number of para-hydroxylation sites is 1. The summed E-state index contributed by atoms with van der Waals surface area (Å²) in [6, 6.07) is 59.0. The van der Waals surface area contributed by atoms with Gasteiger partial charge in [0.1, 0.15) is 11.5 Å². The Morgan fingerprint density at radius 2 is 1.25 bits per heavy atom. The van der Waals surface area contributed by atoms with Crippen molar-refractivity contribution in [3.63, 3.8) is 0 Å². The molecule has 0 bridgehead atoms. The molecule has 0 spiro atoms. The van der Waals surface area contributed by atoms with E-state index in [1.165, 1.54) is 43.1 Å². The molecule has 0 saturated carbocycles. The van der Waals surface area contributed by atoms with E-state index in [1.807, 2.05) is 12.3 Å². The van der Waals surface area contributed by atoms with Gasteiger partial charge < -0.3 is 14.5 Å². The maximum absolute atomic E-state index is 6.64. The fourth-order valence-electron chi connectivity index (χ4n) is 8.07. The molecule has 0 atom stereocenters. The summed E-state index contributed by atoms with van der Waals surface area (Å²) in [4.78, 5) is 9.56. The normalized spacial score (nSPS) is 14.2. The molecule has 258 valence electrons. The lowest BCUT2D eigenvalue weighted by atomic mass is 9.86. The molecular weight excluding hydrogens is 663 g/mol. The van der Waals surface area contributed by atoms with Crippen molar-refractivity contribution < 1.29 is 4.74 Å². The van der Waals surface area contributed by atoms with Crippen molar-refractivity contribution in [2.45, 2.75) is 26.2 Å². The second-order valence-corrected chi connectivity index (χ2v) is 18.6. The summed E-state index contributed by atoms with van der Waals surface area (Å²) in [6.45, 7) is 7.47. The fourth-order valence-corrected chi connectivity index (χ4v) is 13.1. The van der Waals surface area contributed by atoms with Crippen molar-refractivity contribution in [2.24, 2.45) is 0 Å². The van der Waals surface area contributed by atoms with Crippen LogP contribution in [0.3, 0.4) is 0 Å². The minimum Gasteiger partial charge on any atom is -0.457 e. The Hall–Kier alpha value is -6.17. The largest absolute Gasteiger partial charge is 0.457 e. The summed E-state index contributed by atoms with van der Waals surface area (Å²) in [5.74, 6) is 1.59. The zero-order valence-electron chi connectivity index (χ0n) is 30.3. The van der Waals surface area contributed by atoms with E-state index < -0.39 is 8.07 Å². The van der Waals surface area contributed by atoms with Crippen LogP contribution in [0, 0.1) is 0 Å². The van der Waals surface area contributed by atoms with E-state index in [-0.39, 0.29) is 5.41 Å². The molecule has 2 aliphatic heterocycles. The molecule has 4 nitrogen and oxygen atoms in total. The van der Waals surface area contributed by atoms with Gasteiger partial charge in [0.25, 0.3) is 0 Å². The second-order valence-electron chi connectivity index (χ2n) is 14.9. The highest BCUT2D eigenvalue weighted by Crippen LogP contribution is 2.37. The average molecular weight is 704 g/mol. The van der Waals surface area contributed by atoms with Crippen LogP contribution in [0.5, 0.6) is 11.5 Å². The summed E-state index contributed by atoms with van der Waals surface area (Å²) in [7, 11) is -2.58. The van der Waals surface area contributed by atoms with Gasteiger partial charge in [-0.3, -0.25) is 4.98 Å². The van der Waals surface area contributed by atoms with Crippen LogP contribution in [0.4, 0.5) is 11.4 Å². The Morgan fingerprint density at radius 3 is 1.98 bits per heavy atom. The van der Waals surface area contributed by atoms with Gasteiger partial charge in [0.05, 0.1) is 18.1 Å². The highest BCUT2D eigenvalue weighted by atomic mass is 28.3. The number of benzene rings is 6. The zero-order chi connectivity index (χ0) is 36.0. The summed E-state index contributed by atoms with van der Waals surface area (Å²) in [6.07, 6.45) is 6.22. The van der Waals surface area contributed by atoms with Gasteiger partial charge in [0.2, 0.25) is 0 Å². The summed E-state index contributed by atoms with van der Waals surface area (Å²) in [5, 5.41) is 5.38. The van der Waals surface area contributed by atoms with Gasteiger partial charge in [0.15, 0.2) is 8.07 Å². The molecule has 1 aromatic heterocycles. The molecule has 9 rings (SSSR count). The fraction of sp³-hybridized carbons (Fsp3) is 0.104.